The summed E-state index contributed by atoms with van der Waals surface area (Å²) in [5.74, 6) is -1.25. The van der Waals surface area contributed by atoms with E-state index in [0.29, 0.717) is 18.6 Å². The van der Waals surface area contributed by atoms with Crippen LogP contribution in [0.15, 0.2) is 42.5 Å². The summed E-state index contributed by atoms with van der Waals surface area (Å²) < 4.78 is 18.6. The van der Waals surface area contributed by atoms with E-state index >= 15 is 0 Å². The largest absolute Gasteiger partial charge is 0.493 e. The first-order valence-electron chi connectivity index (χ1n) is 7.16. The lowest BCUT2D eigenvalue weighted by molar-refractivity contribution is -0.139. The molecule has 2 aromatic carbocycles. The minimum absolute atomic E-state index is 0.290. The highest BCUT2D eigenvalue weighted by Gasteiger charge is 2.20. The Morgan fingerprint density at radius 1 is 1.18 bits per heavy atom. The van der Waals surface area contributed by atoms with E-state index in [1.54, 1.807) is 0 Å². The number of halogens is 1. The molecule has 116 valence electrons. The number of ether oxygens (including phenoxy) is 1. The van der Waals surface area contributed by atoms with Gasteiger partial charge in [0, 0.05) is 0 Å². The van der Waals surface area contributed by atoms with E-state index in [1.807, 2.05) is 32.0 Å². The first-order valence-corrected chi connectivity index (χ1v) is 7.16. The fraction of sp³-hybridized carbons (Fsp3) is 0.278. The van der Waals surface area contributed by atoms with Crippen molar-refractivity contribution in [2.75, 3.05) is 6.61 Å². The zero-order valence-electron chi connectivity index (χ0n) is 12.7. The fourth-order valence-electron chi connectivity index (χ4n) is 2.30. The lowest BCUT2D eigenvalue weighted by Crippen LogP contribution is -2.15. The Bertz CT molecular complexity index is 650. The van der Waals surface area contributed by atoms with Crippen LogP contribution in [0.5, 0.6) is 5.75 Å². The van der Waals surface area contributed by atoms with Crippen LogP contribution in [0.4, 0.5) is 4.39 Å². The van der Waals surface area contributed by atoms with Gasteiger partial charge in [-0.05, 0) is 55.2 Å². The van der Waals surface area contributed by atoms with Gasteiger partial charge in [0.15, 0.2) is 0 Å². The summed E-state index contributed by atoms with van der Waals surface area (Å²) in [6.45, 7) is 4.26. The maximum Gasteiger partial charge on any atom is 0.311 e. The number of hydrogen-bond donors (Lipinski definition) is 1. The van der Waals surface area contributed by atoms with Gasteiger partial charge >= 0.3 is 5.97 Å². The number of hydrogen-bond acceptors (Lipinski definition) is 2. The normalized spacial score (nSPS) is 12.0. The molecule has 0 radical (unpaired) electrons. The van der Waals surface area contributed by atoms with E-state index in [1.165, 1.54) is 24.3 Å². The number of carbonyl (C=O) groups is 1. The number of rotatable bonds is 6. The predicted molar refractivity (Wildman–Crippen MR) is 82.8 cm³/mol. The Kier molecular flexibility index (Phi) is 5.15. The van der Waals surface area contributed by atoms with Crippen molar-refractivity contribution in [1.82, 2.24) is 0 Å². The van der Waals surface area contributed by atoms with Crippen LogP contribution in [0.2, 0.25) is 0 Å². The Labute approximate surface area is 129 Å². The molecule has 0 bridgehead atoms. The summed E-state index contributed by atoms with van der Waals surface area (Å²) in [6.07, 6.45) is 0.328. The molecule has 4 heteroatoms. The van der Waals surface area contributed by atoms with Gasteiger partial charge in [-0.25, -0.2) is 4.39 Å². The van der Waals surface area contributed by atoms with Crippen LogP contribution in [-0.2, 0) is 4.79 Å². The summed E-state index contributed by atoms with van der Waals surface area (Å²) in [4.78, 5) is 11.4. The molecule has 0 aliphatic carbocycles. The summed E-state index contributed by atoms with van der Waals surface area (Å²) in [6, 6.07) is 11.3. The quantitative estimate of drug-likeness (QED) is 0.874. The van der Waals surface area contributed by atoms with Gasteiger partial charge in [0.2, 0.25) is 0 Å². The molecule has 0 spiro atoms. The van der Waals surface area contributed by atoms with Gasteiger partial charge < -0.3 is 9.84 Å². The van der Waals surface area contributed by atoms with Crippen LogP contribution >= 0.6 is 0 Å². The third-order valence-corrected chi connectivity index (χ3v) is 3.79. The molecular formula is C18H19FO3. The van der Waals surface area contributed by atoms with Gasteiger partial charge in [0.25, 0.3) is 0 Å². The Morgan fingerprint density at radius 3 is 2.50 bits per heavy atom. The zero-order valence-corrected chi connectivity index (χ0v) is 12.7. The minimum Gasteiger partial charge on any atom is -0.493 e. The van der Waals surface area contributed by atoms with Crippen molar-refractivity contribution >= 4 is 5.97 Å². The van der Waals surface area contributed by atoms with Crippen LogP contribution in [0, 0.1) is 19.7 Å². The van der Waals surface area contributed by atoms with E-state index in [0.717, 1.165) is 16.9 Å². The van der Waals surface area contributed by atoms with E-state index in [9.17, 15) is 14.3 Å². The number of aryl methyl sites for hydroxylation is 1. The fourth-order valence-corrected chi connectivity index (χ4v) is 2.30. The summed E-state index contributed by atoms with van der Waals surface area (Å²) >= 11 is 0. The SMILES string of the molecule is Cc1cccc(OCCC(C(=O)O)c2ccc(F)cc2)c1C. The molecule has 0 saturated heterocycles. The van der Waals surface area contributed by atoms with Crippen molar-refractivity contribution in [1.29, 1.82) is 0 Å². The summed E-state index contributed by atoms with van der Waals surface area (Å²) in [7, 11) is 0. The molecule has 2 aromatic rings. The lowest BCUT2D eigenvalue weighted by Gasteiger charge is -2.15. The molecular weight excluding hydrogens is 283 g/mol. The molecule has 2 rings (SSSR count). The molecule has 1 unspecified atom stereocenters. The van der Waals surface area contributed by atoms with Crippen LogP contribution < -0.4 is 4.74 Å². The third-order valence-electron chi connectivity index (χ3n) is 3.79. The molecule has 1 N–H and O–H groups in total. The maximum absolute atomic E-state index is 12.9. The Morgan fingerprint density at radius 2 is 1.86 bits per heavy atom. The van der Waals surface area contributed by atoms with E-state index in [2.05, 4.69) is 0 Å². The van der Waals surface area contributed by atoms with Gasteiger partial charge in [-0.3, -0.25) is 4.79 Å². The second-order valence-electron chi connectivity index (χ2n) is 5.28. The molecule has 0 fully saturated rings. The third kappa shape index (κ3) is 3.85. The standard InChI is InChI=1S/C18H19FO3/c1-12-4-3-5-17(13(12)2)22-11-10-16(18(20)21)14-6-8-15(19)9-7-14/h3-9,16H,10-11H2,1-2H3,(H,20,21). The van der Waals surface area contributed by atoms with E-state index in [-0.39, 0.29) is 5.82 Å². The smallest absolute Gasteiger partial charge is 0.311 e. The lowest BCUT2D eigenvalue weighted by atomic mass is 9.96. The second kappa shape index (κ2) is 7.07. The van der Waals surface area contributed by atoms with Gasteiger partial charge in [0.05, 0.1) is 12.5 Å². The highest BCUT2D eigenvalue weighted by Crippen LogP contribution is 2.24. The first kappa shape index (κ1) is 16.0. The number of benzene rings is 2. The van der Waals surface area contributed by atoms with Crippen molar-refractivity contribution in [2.24, 2.45) is 0 Å². The van der Waals surface area contributed by atoms with Crippen LogP contribution in [0.3, 0.4) is 0 Å². The molecule has 0 amide bonds. The first-order chi connectivity index (χ1) is 10.5. The average molecular weight is 302 g/mol. The van der Waals surface area contributed by atoms with Crippen molar-refractivity contribution < 1.29 is 19.0 Å². The van der Waals surface area contributed by atoms with Gasteiger partial charge in [-0.2, -0.15) is 0 Å². The highest BCUT2D eigenvalue weighted by atomic mass is 19.1. The molecule has 0 aromatic heterocycles. The van der Waals surface area contributed by atoms with Gasteiger partial charge in [0.1, 0.15) is 11.6 Å². The number of carboxylic acid groups (broad SMARTS) is 1. The predicted octanol–water partition coefficient (Wildman–Crippen LogP) is 4.08. The van der Waals surface area contributed by atoms with Crippen LogP contribution in [-0.4, -0.2) is 17.7 Å². The molecule has 1 atom stereocenters. The molecule has 0 aliphatic heterocycles. The van der Waals surface area contributed by atoms with Crippen molar-refractivity contribution in [3.05, 3.63) is 65.0 Å². The Hall–Kier alpha value is -2.36. The number of aliphatic carboxylic acids is 1. The van der Waals surface area contributed by atoms with Crippen molar-refractivity contribution in [3.8, 4) is 5.75 Å². The van der Waals surface area contributed by atoms with Gasteiger partial charge in [-0.15, -0.1) is 0 Å². The highest BCUT2D eigenvalue weighted by molar-refractivity contribution is 5.76. The second-order valence-corrected chi connectivity index (χ2v) is 5.28. The van der Waals surface area contributed by atoms with E-state index in [4.69, 9.17) is 4.74 Å². The Balaban J connectivity index is 2.02. The summed E-state index contributed by atoms with van der Waals surface area (Å²) in [5.41, 5.74) is 2.76. The van der Waals surface area contributed by atoms with Crippen LogP contribution in [0.25, 0.3) is 0 Å². The molecule has 0 heterocycles. The van der Waals surface area contributed by atoms with Crippen molar-refractivity contribution in [2.45, 2.75) is 26.2 Å². The van der Waals surface area contributed by atoms with Crippen molar-refractivity contribution in [3.63, 3.8) is 0 Å². The monoisotopic (exact) mass is 302 g/mol. The summed E-state index contributed by atoms with van der Waals surface area (Å²) in [5, 5.41) is 9.34. The van der Waals surface area contributed by atoms with Gasteiger partial charge in [-0.1, -0.05) is 24.3 Å². The molecule has 3 nitrogen and oxygen atoms in total. The minimum atomic E-state index is -0.934. The van der Waals surface area contributed by atoms with Crippen LogP contribution in [0.1, 0.15) is 29.0 Å². The molecule has 22 heavy (non-hydrogen) atoms. The van der Waals surface area contributed by atoms with E-state index < -0.39 is 11.9 Å². The zero-order chi connectivity index (χ0) is 16.1. The average Bonchev–Trinajstić information content (AvgIpc) is 2.49. The molecule has 0 saturated carbocycles. The molecule has 0 aliphatic rings. The number of carboxylic acids is 1. The topological polar surface area (TPSA) is 46.5 Å². The maximum atomic E-state index is 12.9.